The van der Waals surface area contributed by atoms with E-state index in [1.165, 1.54) is 18.2 Å². The third-order valence-corrected chi connectivity index (χ3v) is 4.65. The highest BCUT2D eigenvalue weighted by atomic mass is 35.5. The third-order valence-electron chi connectivity index (χ3n) is 2.70. The molecule has 0 saturated carbocycles. The highest BCUT2D eigenvalue weighted by Gasteiger charge is 2.30. The Morgan fingerprint density at radius 2 is 2.21 bits per heavy atom. The van der Waals surface area contributed by atoms with Crippen LogP contribution in [0.1, 0.15) is 12.0 Å². The van der Waals surface area contributed by atoms with Crippen LogP contribution in [0.15, 0.2) is 23.1 Å². The van der Waals surface area contributed by atoms with Crippen LogP contribution in [0.4, 0.5) is 0 Å². The Balaban J connectivity index is 2.30. The normalized spacial score (nSPS) is 18.9. The molecule has 1 amide bonds. The van der Waals surface area contributed by atoms with Gasteiger partial charge in [0.25, 0.3) is 0 Å². The van der Waals surface area contributed by atoms with Gasteiger partial charge < -0.3 is 5.32 Å². The second-order valence-electron chi connectivity index (χ2n) is 4.01. The van der Waals surface area contributed by atoms with Crippen molar-refractivity contribution in [1.29, 1.82) is 5.26 Å². The summed E-state index contributed by atoms with van der Waals surface area (Å²) in [7, 11) is -3.88. The van der Waals surface area contributed by atoms with Gasteiger partial charge in [0.2, 0.25) is 15.9 Å². The molecule has 0 radical (unpaired) electrons. The van der Waals surface area contributed by atoms with Gasteiger partial charge in [-0.15, -0.1) is 0 Å². The van der Waals surface area contributed by atoms with Crippen molar-refractivity contribution in [3.05, 3.63) is 28.8 Å². The average Bonchev–Trinajstić information content (AvgIpc) is 2.73. The van der Waals surface area contributed by atoms with Gasteiger partial charge in [-0.1, -0.05) is 11.6 Å². The van der Waals surface area contributed by atoms with Crippen molar-refractivity contribution in [3.63, 3.8) is 0 Å². The first-order valence-electron chi connectivity index (χ1n) is 5.44. The maximum atomic E-state index is 12.1. The van der Waals surface area contributed by atoms with Crippen molar-refractivity contribution in [3.8, 4) is 6.07 Å². The quantitative estimate of drug-likeness (QED) is 0.842. The van der Waals surface area contributed by atoms with Crippen LogP contribution in [-0.2, 0) is 14.8 Å². The number of carbonyl (C=O) groups excluding carboxylic acids is 1. The summed E-state index contributed by atoms with van der Waals surface area (Å²) in [5.41, 5.74) is 0.266. The molecular weight excluding hydrogens is 290 g/mol. The number of nitrogens with one attached hydrogen (secondary N) is 2. The summed E-state index contributed by atoms with van der Waals surface area (Å²) in [6.45, 7) is 0.438. The first-order valence-corrected chi connectivity index (χ1v) is 7.30. The SMILES string of the molecule is N#Cc1ccc(S(=O)(=O)N[C@H]2CCNC2=O)c(Cl)c1. The van der Waals surface area contributed by atoms with Gasteiger partial charge in [-0.2, -0.15) is 9.98 Å². The van der Waals surface area contributed by atoms with Gasteiger partial charge in [-0.25, -0.2) is 8.42 Å². The van der Waals surface area contributed by atoms with Crippen LogP contribution in [0.3, 0.4) is 0 Å². The molecule has 0 spiro atoms. The van der Waals surface area contributed by atoms with E-state index in [4.69, 9.17) is 16.9 Å². The predicted molar refractivity (Wildman–Crippen MR) is 67.9 cm³/mol. The number of rotatable bonds is 3. The van der Waals surface area contributed by atoms with E-state index in [2.05, 4.69) is 10.0 Å². The fourth-order valence-corrected chi connectivity index (χ4v) is 3.52. The van der Waals surface area contributed by atoms with Gasteiger partial charge in [0.05, 0.1) is 16.7 Å². The largest absolute Gasteiger partial charge is 0.355 e. The Morgan fingerprint density at radius 1 is 1.47 bits per heavy atom. The zero-order valence-electron chi connectivity index (χ0n) is 9.68. The van der Waals surface area contributed by atoms with Crippen molar-refractivity contribution in [1.82, 2.24) is 10.0 Å². The summed E-state index contributed by atoms with van der Waals surface area (Å²) in [5.74, 6) is -0.353. The molecule has 6 nitrogen and oxygen atoms in total. The van der Waals surface area contributed by atoms with Crippen LogP contribution >= 0.6 is 11.6 Å². The molecule has 0 aromatic heterocycles. The van der Waals surface area contributed by atoms with E-state index >= 15 is 0 Å². The third kappa shape index (κ3) is 2.87. The van der Waals surface area contributed by atoms with E-state index in [0.29, 0.717) is 13.0 Å². The lowest BCUT2D eigenvalue weighted by atomic mass is 10.2. The summed E-state index contributed by atoms with van der Waals surface area (Å²) in [4.78, 5) is 11.2. The van der Waals surface area contributed by atoms with Gasteiger partial charge in [-0.05, 0) is 24.6 Å². The molecule has 19 heavy (non-hydrogen) atoms. The Labute approximate surface area is 115 Å². The summed E-state index contributed by atoms with van der Waals surface area (Å²) in [6.07, 6.45) is 0.395. The van der Waals surface area contributed by atoms with Crippen LogP contribution < -0.4 is 10.0 Å². The molecule has 1 saturated heterocycles. The molecule has 1 atom stereocenters. The molecule has 0 bridgehead atoms. The van der Waals surface area contributed by atoms with E-state index in [-0.39, 0.29) is 21.4 Å². The second-order valence-corrected chi connectivity index (χ2v) is 6.10. The van der Waals surface area contributed by atoms with Gasteiger partial charge in [-0.3, -0.25) is 4.79 Å². The number of benzene rings is 1. The minimum absolute atomic E-state index is 0.0510. The first kappa shape index (κ1) is 13.8. The number of nitrogens with zero attached hydrogens (tertiary/aromatic N) is 1. The fraction of sp³-hybridized carbons (Fsp3) is 0.273. The van der Waals surface area contributed by atoms with Gasteiger partial charge in [0.15, 0.2) is 0 Å². The molecule has 1 aromatic carbocycles. The van der Waals surface area contributed by atoms with Crippen LogP contribution in [0.2, 0.25) is 5.02 Å². The van der Waals surface area contributed by atoms with Crippen LogP contribution in [0.5, 0.6) is 0 Å². The van der Waals surface area contributed by atoms with Crippen LogP contribution in [0, 0.1) is 11.3 Å². The molecule has 1 heterocycles. The Bertz CT molecular complexity index is 666. The van der Waals surface area contributed by atoms with Gasteiger partial charge in [0, 0.05) is 6.54 Å². The number of amides is 1. The maximum Gasteiger partial charge on any atom is 0.242 e. The molecule has 1 aliphatic heterocycles. The number of halogens is 1. The van der Waals surface area contributed by atoms with Crippen molar-refractivity contribution in [2.45, 2.75) is 17.4 Å². The van der Waals surface area contributed by atoms with Crippen molar-refractivity contribution < 1.29 is 13.2 Å². The van der Waals surface area contributed by atoms with E-state index in [9.17, 15) is 13.2 Å². The molecular formula is C11H10ClN3O3S. The zero-order chi connectivity index (χ0) is 14.0. The number of hydrogen-bond donors (Lipinski definition) is 2. The number of sulfonamides is 1. The highest BCUT2D eigenvalue weighted by molar-refractivity contribution is 7.89. The molecule has 0 aliphatic carbocycles. The molecule has 8 heteroatoms. The number of carbonyl (C=O) groups is 1. The standard InChI is InChI=1S/C11H10ClN3O3S/c12-8-5-7(6-13)1-2-10(8)19(17,18)15-9-3-4-14-11(9)16/h1-2,5,9,15H,3-4H2,(H,14,16)/t9-/m0/s1. The molecule has 1 aromatic rings. The fourth-order valence-electron chi connectivity index (χ4n) is 1.75. The lowest BCUT2D eigenvalue weighted by molar-refractivity contribution is -0.120. The van der Waals surface area contributed by atoms with Crippen molar-refractivity contribution >= 4 is 27.5 Å². The number of hydrogen-bond acceptors (Lipinski definition) is 4. The molecule has 100 valence electrons. The Kier molecular flexibility index (Phi) is 3.75. The van der Waals surface area contributed by atoms with Crippen molar-refractivity contribution in [2.24, 2.45) is 0 Å². The predicted octanol–water partition coefficient (Wildman–Crippen LogP) is 0.378. The molecule has 0 unspecified atom stereocenters. The maximum absolute atomic E-state index is 12.1. The molecule has 1 aliphatic rings. The lowest BCUT2D eigenvalue weighted by Gasteiger charge is -2.11. The first-order chi connectivity index (χ1) is 8.94. The number of nitriles is 1. The summed E-state index contributed by atoms with van der Waals surface area (Å²) >= 11 is 5.84. The summed E-state index contributed by atoms with van der Waals surface area (Å²) in [5, 5.41) is 11.2. The van der Waals surface area contributed by atoms with Gasteiger partial charge >= 0.3 is 0 Å². The monoisotopic (exact) mass is 299 g/mol. The van der Waals surface area contributed by atoms with Crippen LogP contribution in [-0.4, -0.2) is 26.9 Å². The second kappa shape index (κ2) is 5.17. The van der Waals surface area contributed by atoms with E-state index in [1.807, 2.05) is 6.07 Å². The summed E-state index contributed by atoms with van der Waals surface area (Å²) in [6, 6.07) is 4.95. The lowest BCUT2D eigenvalue weighted by Crippen LogP contribution is -2.40. The molecule has 1 fully saturated rings. The minimum atomic E-state index is -3.88. The minimum Gasteiger partial charge on any atom is -0.355 e. The van der Waals surface area contributed by atoms with Crippen LogP contribution in [0.25, 0.3) is 0 Å². The van der Waals surface area contributed by atoms with Gasteiger partial charge in [0.1, 0.15) is 10.9 Å². The van der Waals surface area contributed by atoms with E-state index < -0.39 is 16.1 Å². The summed E-state index contributed by atoms with van der Waals surface area (Å²) < 4.78 is 26.5. The zero-order valence-corrected chi connectivity index (χ0v) is 11.3. The van der Waals surface area contributed by atoms with Crippen molar-refractivity contribution in [2.75, 3.05) is 6.54 Å². The molecule has 2 N–H and O–H groups in total. The highest BCUT2D eigenvalue weighted by Crippen LogP contribution is 2.23. The van der Waals surface area contributed by atoms with E-state index in [0.717, 1.165) is 0 Å². The Morgan fingerprint density at radius 3 is 2.74 bits per heavy atom. The topological polar surface area (TPSA) is 99.1 Å². The molecule has 2 rings (SSSR count). The Hall–Kier alpha value is -1.62. The van der Waals surface area contributed by atoms with E-state index in [1.54, 1.807) is 0 Å². The average molecular weight is 300 g/mol. The smallest absolute Gasteiger partial charge is 0.242 e.